The number of nitrogens with one attached hydrogen (secondary N) is 4. The number of hydrogen-bond donors (Lipinski definition) is 4. The van der Waals surface area contributed by atoms with E-state index >= 15 is 0 Å². The zero-order chi connectivity index (χ0) is 15.0. The zero-order valence-electron chi connectivity index (χ0n) is 10.9. The molecule has 0 aliphatic heterocycles. The van der Waals surface area contributed by atoms with Gasteiger partial charge in [0.2, 0.25) is 0 Å². The maximum absolute atomic E-state index is 12.7. The van der Waals surface area contributed by atoms with Crippen molar-refractivity contribution in [3.63, 3.8) is 0 Å². The highest BCUT2D eigenvalue weighted by Gasteiger charge is 2.26. The largest absolute Gasteiger partial charge is 0.452 e. The second-order valence-corrected chi connectivity index (χ2v) is 5.58. The molecular weight excluding hydrogens is 287 g/mol. The third-order valence-electron chi connectivity index (χ3n) is 2.12. The maximum Gasteiger partial charge on any atom is 0.421 e. The van der Waals surface area contributed by atoms with E-state index in [1.54, 1.807) is 30.3 Å². The van der Waals surface area contributed by atoms with Crippen molar-refractivity contribution in [3.05, 3.63) is 30.3 Å². The number of hydrazine groups is 2. The summed E-state index contributed by atoms with van der Waals surface area (Å²) in [6, 6.07) is 8.15. The average Bonchev–Trinajstić information content (AvgIpc) is 2.51. The number of carbonyl (C=O) groups excluding carboxylic acids is 2. The molecule has 20 heavy (non-hydrogen) atoms. The van der Waals surface area contributed by atoms with Gasteiger partial charge < -0.3 is 9.47 Å². The van der Waals surface area contributed by atoms with Crippen LogP contribution >= 0.6 is 7.44 Å². The molecule has 10 heteroatoms. The number of hydrogen-bond acceptors (Lipinski definition) is 5. The van der Waals surface area contributed by atoms with Gasteiger partial charge >= 0.3 is 12.2 Å². The summed E-state index contributed by atoms with van der Waals surface area (Å²) in [6.45, 7) is 0. The summed E-state index contributed by atoms with van der Waals surface area (Å²) in [6.07, 6.45) is -1.66. The Balaban J connectivity index is 2.85. The first-order valence-electron chi connectivity index (χ1n) is 5.40. The van der Waals surface area contributed by atoms with Crippen molar-refractivity contribution in [3.8, 4) is 0 Å². The van der Waals surface area contributed by atoms with Crippen LogP contribution in [0.4, 0.5) is 9.59 Å². The Morgan fingerprint density at radius 1 is 0.950 bits per heavy atom. The summed E-state index contributed by atoms with van der Waals surface area (Å²) in [4.78, 5) is 22.1. The Morgan fingerprint density at radius 2 is 1.40 bits per heavy atom. The Labute approximate surface area is 115 Å². The lowest BCUT2D eigenvalue weighted by atomic mass is 10.4. The molecule has 0 aliphatic rings. The van der Waals surface area contributed by atoms with Gasteiger partial charge in [-0.3, -0.25) is 4.57 Å². The summed E-state index contributed by atoms with van der Waals surface area (Å²) >= 11 is 0. The molecule has 1 rings (SSSR count). The number of rotatable bonds is 5. The van der Waals surface area contributed by atoms with Crippen LogP contribution in [0.2, 0.25) is 0 Å². The summed E-state index contributed by atoms with van der Waals surface area (Å²) in [7, 11) is -1.22. The van der Waals surface area contributed by atoms with Crippen LogP contribution in [-0.4, -0.2) is 26.4 Å². The molecule has 0 spiro atoms. The van der Waals surface area contributed by atoms with Gasteiger partial charge in [-0.1, -0.05) is 18.2 Å². The van der Waals surface area contributed by atoms with Gasteiger partial charge in [0.25, 0.3) is 7.44 Å². The smallest absolute Gasteiger partial charge is 0.421 e. The van der Waals surface area contributed by atoms with Crippen molar-refractivity contribution < 1.29 is 23.6 Å². The van der Waals surface area contributed by atoms with Crippen LogP contribution in [-0.2, 0) is 14.0 Å². The van der Waals surface area contributed by atoms with Crippen LogP contribution in [0.1, 0.15) is 0 Å². The molecule has 4 N–H and O–H groups in total. The van der Waals surface area contributed by atoms with Gasteiger partial charge in [-0.05, 0) is 12.1 Å². The van der Waals surface area contributed by atoms with Crippen LogP contribution in [0.3, 0.4) is 0 Å². The molecule has 0 fully saturated rings. The average molecular weight is 302 g/mol. The highest BCUT2D eigenvalue weighted by Crippen LogP contribution is 2.32. The van der Waals surface area contributed by atoms with Crippen LogP contribution in [0.25, 0.3) is 0 Å². The Kier molecular flexibility index (Phi) is 5.98. The van der Waals surface area contributed by atoms with Crippen molar-refractivity contribution in [2.75, 3.05) is 14.2 Å². The minimum atomic E-state index is -3.53. The maximum atomic E-state index is 12.7. The van der Waals surface area contributed by atoms with E-state index in [0.29, 0.717) is 5.30 Å². The summed E-state index contributed by atoms with van der Waals surface area (Å²) in [5, 5.41) is 4.91. The van der Waals surface area contributed by atoms with E-state index in [1.807, 2.05) is 0 Å². The van der Waals surface area contributed by atoms with E-state index in [4.69, 9.17) is 0 Å². The van der Waals surface area contributed by atoms with Gasteiger partial charge in [-0.15, -0.1) is 0 Å². The summed E-state index contributed by atoms with van der Waals surface area (Å²) < 4.78 is 21.4. The normalized spacial score (nSPS) is 10.5. The fourth-order valence-electron chi connectivity index (χ4n) is 1.15. The molecule has 2 amide bonds. The van der Waals surface area contributed by atoms with Gasteiger partial charge in [-0.25, -0.2) is 20.4 Å². The molecule has 110 valence electrons. The number of benzene rings is 1. The van der Waals surface area contributed by atoms with E-state index in [2.05, 4.69) is 30.7 Å². The fourth-order valence-corrected chi connectivity index (χ4v) is 2.55. The van der Waals surface area contributed by atoms with Gasteiger partial charge in [-0.2, -0.15) is 10.4 Å². The molecule has 0 aliphatic carbocycles. The van der Waals surface area contributed by atoms with Crippen molar-refractivity contribution in [2.24, 2.45) is 0 Å². The SMILES string of the molecule is COC(=O)NNP(=O)(NNC(=O)OC)c1ccccc1. The Hall–Kier alpha value is -2.09. The molecule has 0 aromatic heterocycles. The molecule has 0 bridgehead atoms. The van der Waals surface area contributed by atoms with E-state index in [9.17, 15) is 14.2 Å². The molecule has 0 unspecified atom stereocenters. The second-order valence-electron chi connectivity index (χ2n) is 3.40. The number of carbonyl (C=O) groups is 2. The minimum absolute atomic E-state index is 0.327. The van der Waals surface area contributed by atoms with E-state index in [1.165, 1.54) is 0 Å². The van der Waals surface area contributed by atoms with E-state index < -0.39 is 19.6 Å². The standard InChI is InChI=1S/C10H15N4O5P/c1-18-9(15)11-13-20(17,14-12-10(16)19-2)8-6-4-3-5-7-8/h3-7H,1-2H3,(H,11,15)(H,12,16)(H2,13,14,17). The molecule has 1 aromatic rings. The Morgan fingerprint density at radius 3 is 1.80 bits per heavy atom. The van der Waals surface area contributed by atoms with Gasteiger partial charge in [0, 0.05) is 5.30 Å². The molecule has 0 saturated heterocycles. The zero-order valence-corrected chi connectivity index (χ0v) is 11.8. The summed E-state index contributed by atoms with van der Waals surface area (Å²) in [5.74, 6) is 0. The molecule has 0 heterocycles. The van der Waals surface area contributed by atoms with E-state index in [0.717, 1.165) is 14.2 Å². The molecule has 1 aromatic carbocycles. The van der Waals surface area contributed by atoms with Crippen molar-refractivity contribution in [2.45, 2.75) is 0 Å². The Bertz CT molecular complexity index is 486. The number of amides is 2. The first kappa shape index (κ1) is 16.0. The lowest BCUT2D eigenvalue weighted by Crippen LogP contribution is -2.47. The highest BCUT2D eigenvalue weighted by molar-refractivity contribution is 7.67. The lowest BCUT2D eigenvalue weighted by Gasteiger charge is -2.20. The number of ether oxygens (including phenoxy) is 2. The number of methoxy groups -OCH3 is 2. The molecule has 0 saturated carbocycles. The van der Waals surface area contributed by atoms with Crippen molar-refractivity contribution in [1.29, 1.82) is 0 Å². The van der Waals surface area contributed by atoms with Gasteiger partial charge in [0.15, 0.2) is 0 Å². The first-order chi connectivity index (χ1) is 9.51. The van der Waals surface area contributed by atoms with Crippen LogP contribution in [0, 0.1) is 0 Å². The first-order valence-corrected chi connectivity index (χ1v) is 7.10. The van der Waals surface area contributed by atoms with Gasteiger partial charge in [0.1, 0.15) is 0 Å². The topological polar surface area (TPSA) is 118 Å². The second kappa shape index (κ2) is 7.49. The molecule has 0 atom stereocenters. The quantitative estimate of drug-likeness (QED) is 0.454. The lowest BCUT2D eigenvalue weighted by molar-refractivity contribution is 0.168. The molecule has 9 nitrogen and oxygen atoms in total. The minimum Gasteiger partial charge on any atom is -0.452 e. The summed E-state index contributed by atoms with van der Waals surface area (Å²) in [5.41, 5.74) is 4.17. The molecular formula is C10H15N4O5P. The van der Waals surface area contributed by atoms with Crippen LogP contribution in [0.5, 0.6) is 0 Å². The highest BCUT2D eigenvalue weighted by atomic mass is 31.2. The monoisotopic (exact) mass is 302 g/mol. The van der Waals surface area contributed by atoms with Crippen molar-refractivity contribution >= 4 is 24.9 Å². The third-order valence-corrected chi connectivity index (χ3v) is 4.00. The van der Waals surface area contributed by atoms with Crippen LogP contribution < -0.4 is 26.5 Å². The van der Waals surface area contributed by atoms with Gasteiger partial charge in [0.05, 0.1) is 14.2 Å². The van der Waals surface area contributed by atoms with Crippen molar-refractivity contribution in [1.82, 2.24) is 21.2 Å². The fraction of sp³-hybridized carbons (Fsp3) is 0.200. The van der Waals surface area contributed by atoms with Crippen LogP contribution in [0.15, 0.2) is 30.3 Å². The third kappa shape index (κ3) is 4.54. The van der Waals surface area contributed by atoms with E-state index in [-0.39, 0.29) is 0 Å². The predicted molar refractivity (Wildman–Crippen MR) is 71.0 cm³/mol. The predicted octanol–water partition coefficient (Wildman–Crippen LogP) is 0.226. The molecule has 0 radical (unpaired) electrons.